The zero-order valence-corrected chi connectivity index (χ0v) is 21.0. The van der Waals surface area contributed by atoms with E-state index in [-0.39, 0.29) is 23.4 Å². The van der Waals surface area contributed by atoms with Crippen molar-refractivity contribution in [1.82, 2.24) is 9.80 Å². The van der Waals surface area contributed by atoms with Crippen LogP contribution in [0.2, 0.25) is 0 Å². The Morgan fingerprint density at radius 2 is 1.69 bits per heavy atom. The molecule has 10 nitrogen and oxygen atoms in total. The van der Waals surface area contributed by atoms with Gasteiger partial charge >= 0.3 is 5.69 Å². The van der Waals surface area contributed by atoms with E-state index in [2.05, 4.69) is 27.2 Å². The van der Waals surface area contributed by atoms with Crippen molar-refractivity contribution >= 4 is 23.0 Å². The van der Waals surface area contributed by atoms with E-state index in [0.717, 1.165) is 57.0 Å². The quantitative estimate of drug-likeness (QED) is 0.416. The number of piperidine rings is 1. The molecule has 10 heteroatoms. The van der Waals surface area contributed by atoms with E-state index in [0.29, 0.717) is 19.5 Å². The van der Waals surface area contributed by atoms with E-state index in [9.17, 15) is 14.9 Å². The summed E-state index contributed by atoms with van der Waals surface area (Å²) in [5, 5.41) is 14.5. The van der Waals surface area contributed by atoms with Gasteiger partial charge in [0.25, 0.3) is 0 Å². The van der Waals surface area contributed by atoms with Gasteiger partial charge in [0.05, 0.1) is 19.1 Å². The van der Waals surface area contributed by atoms with Gasteiger partial charge in [0.15, 0.2) is 5.75 Å². The first-order chi connectivity index (χ1) is 17.5. The molecule has 2 aliphatic heterocycles. The number of hydrogen-bond donors (Lipinski definition) is 1. The number of anilines is 2. The number of nitrogens with zero attached hydrogens (tertiary/aromatic N) is 4. The normalized spacial score (nSPS) is 17.1. The largest absolute Gasteiger partial charge is 0.497 e. The molecule has 2 aromatic carbocycles. The van der Waals surface area contributed by atoms with Crippen LogP contribution in [0, 0.1) is 10.1 Å². The zero-order chi connectivity index (χ0) is 25.5. The van der Waals surface area contributed by atoms with E-state index in [1.807, 2.05) is 17.0 Å². The lowest BCUT2D eigenvalue weighted by Gasteiger charge is -2.37. The molecule has 0 radical (unpaired) electrons. The molecule has 36 heavy (non-hydrogen) atoms. The molecule has 2 saturated heterocycles. The molecule has 0 saturated carbocycles. The molecule has 2 aromatic rings. The topological polar surface area (TPSA) is 100 Å². The fourth-order valence-electron chi connectivity index (χ4n) is 4.86. The molecule has 0 bridgehead atoms. The smallest absolute Gasteiger partial charge is 0.311 e. The Bertz CT molecular complexity index is 1030. The molecule has 0 aliphatic carbocycles. The van der Waals surface area contributed by atoms with Crippen molar-refractivity contribution in [1.29, 1.82) is 0 Å². The van der Waals surface area contributed by atoms with Crippen LogP contribution in [0.3, 0.4) is 0 Å². The monoisotopic (exact) mass is 497 g/mol. The number of rotatable bonds is 9. The summed E-state index contributed by atoms with van der Waals surface area (Å²) >= 11 is 0. The number of carbonyl (C=O) groups is 1. The average Bonchev–Trinajstić information content (AvgIpc) is 2.92. The standard InChI is InChI=1S/C26H35N5O5/c1-35-23-6-4-22(5-7-23)29-17-15-28(16-18-29)12-11-26(32)30-13-9-20(10-14-30)27-21-3-8-24(31(33)34)25(19-21)36-2/h3-8,19-20,27H,9-18H2,1-2H3. The Morgan fingerprint density at radius 3 is 2.31 bits per heavy atom. The number of hydrogen-bond acceptors (Lipinski definition) is 8. The van der Waals surface area contributed by atoms with Gasteiger partial charge in [-0.1, -0.05) is 0 Å². The molecule has 2 fully saturated rings. The molecule has 2 heterocycles. The minimum atomic E-state index is -0.451. The summed E-state index contributed by atoms with van der Waals surface area (Å²) in [7, 11) is 3.10. The third-order valence-corrected chi connectivity index (χ3v) is 7.05. The first kappa shape index (κ1) is 25.6. The Balaban J connectivity index is 1.17. The second kappa shape index (κ2) is 11.9. The Labute approximate surface area is 211 Å². The summed E-state index contributed by atoms with van der Waals surface area (Å²) in [6, 6.07) is 13.2. The van der Waals surface area contributed by atoms with Gasteiger partial charge in [-0.2, -0.15) is 0 Å². The fourth-order valence-corrected chi connectivity index (χ4v) is 4.86. The van der Waals surface area contributed by atoms with Crippen molar-refractivity contribution in [3.05, 3.63) is 52.6 Å². The number of amides is 1. The van der Waals surface area contributed by atoms with Crippen LogP contribution in [0.15, 0.2) is 42.5 Å². The molecular weight excluding hydrogens is 462 g/mol. The number of carbonyl (C=O) groups excluding carboxylic acids is 1. The number of likely N-dealkylation sites (tertiary alicyclic amines) is 1. The highest BCUT2D eigenvalue weighted by atomic mass is 16.6. The summed E-state index contributed by atoms with van der Waals surface area (Å²) in [6.45, 7) is 6.01. The van der Waals surface area contributed by atoms with Crippen LogP contribution >= 0.6 is 0 Å². The first-order valence-electron chi connectivity index (χ1n) is 12.4. The molecule has 194 valence electrons. The van der Waals surface area contributed by atoms with E-state index in [1.54, 1.807) is 19.2 Å². The first-order valence-corrected chi connectivity index (χ1v) is 12.4. The number of methoxy groups -OCH3 is 2. The lowest BCUT2D eigenvalue weighted by molar-refractivity contribution is -0.385. The van der Waals surface area contributed by atoms with Crippen LogP contribution in [-0.2, 0) is 4.79 Å². The highest BCUT2D eigenvalue weighted by Gasteiger charge is 2.25. The molecule has 0 aromatic heterocycles. The Hall–Kier alpha value is -3.53. The number of piperazine rings is 1. The lowest BCUT2D eigenvalue weighted by atomic mass is 10.0. The molecule has 2 aliphatic rings. The van der Waals surface area contributed by atoms with Crippen LogP contribution in [0.5, 0.6) is 11.5 Å². The minimum Gasteiger partial charge on any atom is -0.497 e. The second-order valence-corrected chi connectivity index (χ2v) is 9.22. The van der Waals surface area contributed by atoms with Crippen molar-refractivity contribution in [2.24, 2.45) is 0 Å². The van der Waals surface area contributed by atoms with Gasteiger partial charge in [-0.3, -0.25) is 19.8 Å². The van der Waals surface area contributed by atoms with E-state index in [1.165, 1.54) is 18.9 Å². The van der Waals surface area contributed by atoms with Gasteiger partial charge in [-0.05, 0) is 43.2 Å². The predicted octanol–water partition coefficient (Wildman–Crippen LogP) is 3.23. The lowest BCUT2D eigenvalue weighted by Crippen LogP contribution is -2.48. The second-order valence-electron chi connectivity index (χ2n) is 9.22. The van der Waals surface area contributed by atoms with Crippen LogP contribution in [0.4, 0.5) is 17.1 Å². The van der Waals surface area contributed by atoms with E-state index < -0.39 is 4.92 Å². The number of benzene rings is 2. The maximum absolute atomic E-state index is 12.8. The van der Waals surface area contributed by atoms with Crippen molar-refractivity contribution in [3.63, 3.8) is 0 Å². The molecule has 1 amide bonds. The van der Waals surface area contributed by atoms with Crippen molar-refractivity contribution < 1.29 is 19.2 Å². The van der Waals surface area contributed by atoms with Gasteiger partial charge < -0.3 is 24.6 Å². The fraction of sp³-hybridized carbons (Fsp3) is 0.500. The number of nitro groups is 1. The van der Waals surface area contributed by atoms with Gasteiger partial charge in [0, 0.05) is 81.8 Å². The van der Waals surface area contributed by atoms with Crippen LogP contribution in [0.25, 0.3) is 0 Å². The van der Waals surface area contributed by atoms with E-state index >= 15 is 0 Å². The third-order valence-electron chi connectivity index (χ3n) is 7.05. The van der Waals surface area contributed by atoms with Crippen molar-refractivity contribution in [2.45, 2.75) is 25.3 Å². The molecule has 1 N–H and O–H groups in total. The highest BCUT2D eigenvalue weighted by Crippen LogP contribution is 2.30. The maximum atomic E-state index is 12.8. The Morgan fingerprint density at radius 1 is 1.00 bits per heavy atom. The molecule has 0 unspecified atom stereocenters. The average molecular weight is 498 g/mol. The van der Waals surface area contributed by atoms with Gasteiger partial charge in [-0.15, -0.1) is 0 Å². The van der Waals surface area contributed by atoms with Gasteiger partial charge in [-0.25, -0.2) is 0 Å². The SMILES string of the molecule is COc1ccc(N2CCN(CCC(=O)N3CCC(Nc4ccc([N+](=O)[O-])c(OC)c4)CC3)CC2)cc1. The van der Waals surface area contributed by atoms with Crippen LogP contribution in [-0.4, -0.2) is 86.7 Å². The predicted molar refractivity (Wildman–Crippen MR) is 139 cm³/mol. The summed E-state index contributed by atoms with van der Waals surface area (Å²) in [4.78, 5) is 30.2. The Kier molecular flexibility index (Phi) is 8.48. The molecule has 4 rings (SSSR count). The number of nitrogens with one attached hydrogen (secondary N) is 1. The van der Waals surface area contributed by atoms with Gasteiger partial charge in [0.2, 0.25) is 5.91 Å². The van der Waals surface area contributed by atoms with Crippen LogP contribution in [0.1, 0.15) is 19.3 Å². The highest BCUT2D eigenvalue weighted by molar-refractivity contribution is 5.76. The minimum absolute atomic E-state index is 0.0504. The maximum Gasteiger partial charge on any atom is 0.311 e. The molecular formula is C26H35N5O5. The number of nitro benzene ring substituents is 1. The van der Waals surface area contributed by atoms with E-state index in [4.69, 9.17) is 9.47 Å². The zero-order valence-electron chi connectivity index (χ0n) is 21.0. The molecule has 0 atom stereocenters. The van der Waals surface area contributed by atoms with Crippen molar-refractivity contribution in [3.8, 4) is 11.5 Å². The number of ether oxygens (including phenoxy) is 2. The van der Waals surface area contributed by atoms with Gasteiger partial charge in [0.1, 0.15) is 5.75 Å². The summed E-state index contributed by atoms with van der Waals surface area (Å²) in [6.07, 6.45) is 2.22. The molecule has 0 spiro atoms. The summed E-state index contributed by atoms with van der Waals surface area (Å²) < 4.78 is 10.4. The van der Waals surface area contributed by atoms with Crippen LogP contribution < -0.4 is 19.7 Å². The summed E-state index contributed by atoms with van der Waals surface area (Å²) in [5.74, 6) is 1.31. The summed E-state index contributed by atoms with van der Waals surface area (Å²) in [5.41, 5.74) is 1.94. The van der Waals surface area contributed by atoms with Crippen molar-refractivity contribution in [2.75, 3.05) is 70.2 Å². The third kappa shape index (κ3) is 6.37.